The van der Waals surface area contributed by atoms with Gasteiger partial charge in [0, 0.05) is 11.8 Å². The van der Waals surface area contributed by atoms with Crippen molar-refractivity contribution < 1.29 is 4.79 Å². The molecule has 0 bridgehead atoms. The minimum absolute atomic E-state index is 0.240. The van der Waals surface area contributed by atoms with E-state index < -0.39 is 0 Å². The van der Waals surface area contributed by atoms with Crippen LogP contribution in [0.15, 0.2) is 84.5 Å². The fourth-order valence-corrected chi connectivity index (χ4v) is 5.84. The van der Waals surface area contributed by atoms with Crippen molar-refractivity contribution >= 4 is 11.4 Å². The van der Waals surface area contributed by atoms with Gasteiger partial charge in [0.25, 0.3) is 0 Å². The highest BCUT2D eigenvalue weighted by atomic mass is 16.1. The molecule has 2 aliphatic rings. The van der Waals surface area contributed by atoms with Crippen molar-refractivity contribution in [2.75, 3.05) is 0 Å². The Bertz CT molecular complexity index is 1270. The number of hydrogen-bond donors (Lipinski definition) is 0. The maximum absolute atomic E-state index is 13.8. The number of rotatable bonds is 8. The lowest BCUT2D eigenvalue weighted by molar-refractivity contribution is -0.137. The Hall–Kier alpha value is -2.93. The number of allylic oxidation sites excluding steroid dienone is 6. The summed E-state index contributed by atoms with van der Waals surface area (Å²) in [6, 6.07) is 15.3. The maximum atomic E-state index is 13.8. The summed E-state index contributed by atoms with van der Waals surface area (Å²) in [6.07, 6.45) is 8.94. The fourth-order valence-electron chi connectivity index (χ4n) is 5.84. The van der Waals surface area contributed by atoms with E-state index in [9.17, 15) is 4.79 Å². The molecule has 1 nitrogen and oxygen atoms in total. The summed E-state index contributed by atoms with van der Waals surface area (Å²) in [4.78, 5) is 13.8. The molecule has 1 saturated carbocycles. The molecule has 2 aromatic carbocycles. The quantitative estimate of drug-likeness (QED) is 0.346. The zero-order valence-electron chi connectivity index (χ0n) is 23.1. The first-order chi connectivity index (χ1) is 16.9. The van der Waals surface area contributed by atoms with E-state index in [1.807, 2.05) is 0 Å². The number of ketones is 1. The van der Waals surface area contributed by atoms with E-state index in [-0.39, 0.29) is 16.7 Å². The van der Waals surface area contributed by atoms with Gasteiger partial charge >= 0.3 is 0 Å². The lowest BCUT2D eigenvalue weighted by Gasteiger charge is -2.46. The number of Topliss-reactive ketones (excluding diaryl/α,β-unsaturated/α-hetero) is 1. The molecule has 0 aromatic heterocycles. The average Bonchev–Trinajstić information content (AvgIpc) is 3.17. The van der Waals surface area contributed by atoms with Crippen molar-refractivity contribution in [1.82, 2.24) is 0 Å². The average molecular weight is 479 g/mol. The summed E-state index contributed by atoms with van der Waals surface area (Å²) >= 11 is 0. The molecule has 0 spiro atoms. The lowest BCUT2D eigenvalue weighted by Crippen LogP contribution is -2.45. The van der Waals surface area contributed by atoms with Crippen LogP contribution >= 0.6 is 0 Å². The molecule has 1 heteroatoms. The Labute approximate surface area is 218 Å². The van der Waals surface area contributed by atoms with Gasteiger partial charge < -0.3 is 0 Å². The first kappa shape index (κ1) is 26.1. The molecular weight excluding hydrogens is 436 g/mol. The highest BCUT2D eigenvalue weighted by molar-refractivity contribution is 5.87. The SMILES string of the molecule is C=C1CC(c2ccc(C)cc2C)=C/C1=C\C1CC[C@@]1(C)C(=O)C[C@@](C)(Cc1ccc(C)cc1)C(=C)C. The second-order valence-electron chi connectivity index (χ2n) is 12.1. The van der Waals surface area contributed by atoms with Gasteiger partial charge in [-0.3, -0.25) is 4.79 Å². The smallest absolute Gasteiger partial charge is 0.140 e. The zero-order chi connectivity index (χ0) is 26.3. The van der Waals surface area contributed by atoms with E-state index in [1.54, 1.807) is 0 Å². The highest BCUT2D eigenvalue weighted by Gasteiger charge is 2.49. The normalized spacial score (nSPS) is 24.3. The van der Waals surface area contributed by atoms with E-state index in [0.717, 1.165) is 36.8 Å². The third-order valence-electron chi connectivity index (χ3n) is 8.98. The molecule has 0 aliphatic heterocycles. The highest BCUT2D eigenvalue weighted by Crippen LogP contribution is 2.52. The first-order valence-electron chi connectivity index (χ1n) is 13.3. The summed E-state index contributed by atoms with van der Waals surface area (Å²) in [5, 5.41) is 0. The molecule has 0 amide bonds. The second-order valence-corrected chi connectivity index (χ2v) is 12.1. The Morgan fingerprint density at radius 2 is 1.78 bits per heavy atom. The minimum atomic E-state index is -0.312. The van der Waals surface area contributed by atoms with E-state index in [0.29, 0.717) is 12.2 Å². The molecule has 0 radical (unpaired) electrons. The van der Waals surface area contributed by atoms with E-state index >= 15 is 0 Å². The summed E-state index contributed by atoms with van der Waals surface area (Å²) in [5.74, 6) is 0.635. The van der Waals surface area contributed by atoms with E-state index in [1.165, 1.54) is 39.0 Å². The summed E-state index contributed by atoms with van der Waals surface area (Å²) in [6.45, 7) is 21.6. The van der Waals surface area contributed by atoms with Crippen LogP contribution < -0.4 is 0 Å². The van der Waals surface area contributed by atoms with Crippen LogP contribution in [0.5, 0.6) is 0 Å². The van der Waals surface area contributed by atoms with Crippen molar-refractivity contribution in [2.24, 2.45) is 16.7 Å². The second kappa shape index (κ2) is 9.85. The predicted octanol–water partition coefficient (Wildman–Crippen LogP) is 9.08. The molecule has 4 rings (SSSR count). The molecule has 1 fully saturated rings. The summed E-state index contributed by atoms with van der Waals surface area (Å²) in [5.41, 5.74) is 10.7. The van der Waals surface area contributed by atoms with Crippen LogP contribution in [-0.4, -0.2) is 5.78 Å². The molecule has 188 valence electrons. The van der Waals surface area contributed by atoms with Crippen molar-refractivity contribution in [3.8, 4) is 0 Å². The Balaban J connectivity index is 1.53. The number of aryl methyl sites for hydroxylation is 3. The van der Waals surface area contributed by atoms with Gasteiger partial charge in [-0.2, -0.15) is 0 Å². The third kappa shape index (κ3) is 5.12. The molecule has 0 N–H and O–H groups in total. The third-order valence-corrected chi connectivity index (χ3v) is 8.98. The monoisotopic (exact) mass is 478 g/mol. The Morgan fingerprint density at radius 1 is 1.11 bits per heavy atom. The molecule has 0 saturated heterocycles. The Kier molecular flexibility index (Phi) is 7.15. The van der Waals surface area contributed by atoms with Gasteiger partial charge in [0.1, 0.15) is 5.78 Å². The topological polar surface area (TPSA) is 17.1 Å². The largest absolute Gasteiger partial charge is 0.299 e. The van der Waals surface area contributed by atoms with Crippen molar-refractivity contribution in [2.45, 2.75) is 73.6 Å². The van der Waals surface area contributed by atoms with E-state index in [2.05, 4.69) is 109 Å². The summed E-state index contributed by atoms with van der Waals surface area (Å²) < 4.78 is 0. The van der Waals surface area contributed by atoms with Crippen LogP contribution in [0.2, 0.25) is 0 Å². The van der Waals surface area contributed by atoms with Gasteiger partial charge in [-0.1, -0.05) is 98.3 Å². The van der Waals surface area contributed by atoms with Crippen molar-refractivity contribution in [3.05, 3.63) is 112 Å². The predicted molar refractivity (Wildman–Crippen MR) is 154 cm³/mol. The summed E-state index contributed by atoms with van der Waals surface area (Å²) in [7, 11) is 0. The van der Waals surface area contributed by atoms with Crippen LogP contribution in [0.25, 0.3) is 5.57 Å². The van der Waals surface area contributed by atoms with Crippen LogP contribution in [0.1, 0.15) is 74.3 Å². The molecule has 0 heterocycles. The van der Waals surface area contributed by atoms with Gasteiger partial charge in [-0.15, -0.1) is 0 Å². The molecule has 36 heavy (non-hydrogen) atoms. The zero-order valence-corrected chi connectivity index (χ0v) is 23.1. The van der Waals surface area contributed by atoms with Crippen LogP contribution in [0.4, 0.5) is 0 Å². The number of benzene rings is 2. The first-order valence-corrected chi connectivity index (χ1v) is 13.3. The molecule has 2 aromatic rings. The number of carbonyl (C=O) groups excluding carboxylic acids is 1. The van der Waals surface area contributed by atoms with Crippen LogP contribution in [-0.2, 0) is 11.2 Å². The Morgan fingerprint density at radius 3 is 2.36 bits per heavy atom. The van der Waals surface area contributed by atoms with Crippen molar-refractivity contribution in [1.29, 1.82) is 0 Å². The molecule has 1 unspecified atom stereocenters. The molecule has 2 aliphatic carbocycles. The number of hydrogen-bond acceptors (Lipinski definition) is 1. The van der Waals surface area contributed by atoms with Gasteiger partial charge in [-0.25, -0.2) is 0 Å². The minimum Gasteiger partial charge on any atom is -0.299 e. The van der Waals surface area contributed by atoms with Gasteiger partial charge in [0.2, 0.25) is 0 Å². The lowest BCUT2D eigenvalue weighted by atomic mass is 9.56. The van der Waals surface area contributed by atoms with Crippen molar-refractivity contribution in [3.63, 3.8) is 0 Å². The maximum Gasteiger partial charge on any atom is 0.140 e. The van der Waals surface area contributed by atoms with Crippen LogP contribution in [0, 0.1) is 37.5 Å². The van der Waals surface area contributed by atoms with Crippen LogP contribution in [0.3, 0.4) is 0 Å². The van der Waals surface area contributed by atoms with Gasteiger partial charge in [-0.05, 0) is 98.1 Å². The molecular formula is C35H42O. The standard InChI is InChI=1S/C35H42O/c1-23(2)34(7,21-28-12-9-24(3)10-13-28)22-33(36)35(8)16-15-31(35)20-29-19-30(18-26(29)5)32-14-11-25(4)17-27(32)6/h9-14,17,19-20,31H,1,5,15-16,18,21-22H2,2-4,6-8H3/b29-20+/t31?,34-,35-/m1/s1. The van der Waals surface area contributed by atoms with Gasteiger partial charge in [0.05, 0.1) is 0 Å². The fraction of sp³-hybridized carbons (Fsp3) is 0.400. The number of carbonyl (C=O) groups is 1. The van der Waals surface area contributed by atoms with Gasteiger partial charge in [0.15, 0.2) is 0 Å². The molecule has 3 atom stereocenters. The van der Waals surface area contributed by atoms with E-state index in [4.69, 9.17) is 0 Å².